The van der Waals surface area contributed by atoms with E-state index in [-0.39, 0.29) is 25.0 Å². The number of hydrogen-bond donors (Lipinski definition) is 4. The summed E-state index contributed by atoms with van der Waals surface area (Å²) in [5.74, 6) is -2.05. The number of Topliss-reactive ketones (excluding diaryl/α,β-unsaturated/α-hetero) is 1. The normalized spacial score (nSPS) is 13.4. The molecular formula is C11H20N4O4. The summed E-state index contributed by atoms with van der Waals surface area (Å²) >= 11 is 0. The zero-order valence-corrected chi connectivity index (χ0v) is 11.1. The van der Waals surface area contributed by atoms with Crippen LogP contribution in [0, 0.1) is 0 Å². The molecule has 8 heteroatoms. The average molecular weight is 272 g/mol. The first-order chi connectivity index (χ1) is 8.77. The molecule has 0 aromatic rings. The van der Waals surface area contributed by atoms with Gasteiger partial charge in [0, 0.05) is 6.42 Å². The molecule has 2 atom stereocenters. The van der Waals surface area contributed by atoms with Crippen molar-refractivity contribution in [3.05, 3.63) is 0 Å². The molecule has 0 radical (unpaired) electrons. The first kappa shape index (κ1) is 17.0. The van der Waals surface area contributed by atoms with Crippen LogP contribution in [0.15, 0.2) is 0 Å². The van der Waals surface area contributed by atoms with Crippen LogP contribution in [0.25, 0.3) is 0 Å². The number of nitrogens with one attached hydrogen (secondary N) is 2. The Morgan fingerprint density at radius 1 is 1.05 bits per heavy atom. The molecule has 0 aliphatic rings. The number of nitrogens with two attached hydrogens (primary N) is 2. The Morgan fingerprint density at radius 2 is 1.63 bits per heavy atom. The van der Waals surface area contributed by atoms with E-state index in [0.717, 1.165) is 0 Å². The van der Waals surface area contributed by atoms with E-state index in [0.29, 0.717) is 0 Å². The molecule has 0 saturated heterocycles. The largest absolute Gasteiger partial charge is 0.370 e. The Morgan fingerprint density at radius 3 is 2.00 bits per heavy atom. The number of carbonyl (C=O) groups is 4. The van der Waals surface area contributed by atoms with E-state index in [2.05, 4.69) is 10.6 Å². The van der Waals surface area contributed by atoms with E-state index in [1.165, 1.54) is 6.92 Å². The molecule has 0 unspecified atom stereocenters. The second-order valence-corrected chi connectivity index (χ2v) is 4.19. The van der Waals surface area contributed by atoms with Crippen molar-refractivity contribution in [3.63, 3.8) is 0 Å². The lowest BCUT2D eigenvalue weighted by Gasteiger charge is -2.19. The Balaban J connectivity index is 4.54. The third kappa shape index (κ3) is 7.14. The standard InChI is InChI=1S/C11H20N4O4/c1-6(16)8(5-10(13)18)15-11(19)7(14-2)3-4-9(12)17/h7-8,14H,3-5H2,1-2H3,(H2,12,17)(H2,13,18)(H,15,19)/t7-,8-/m0/s1. The summed E-state index contributed by atoms with van der Waals surface area (Å²) in [7, 11) is 1.54. The number of hydrogen-bond acceptors (Lipinski definition) is 5. The zero-order valence-electron chi connectivity index (χ0n) is 11.1. The molecule has 0 aliphatic carbocycles. The van der Waals surface area contributed by atoms with Gasteiger partial charge < -0.3 is 22.1 Å². The second kappa shape index (κ2) is 8.20. The van der Waals surface area contributed by atoms with Crippen molar-refractivity contribution >= 4 is 23.5 Å². The molecule has 0 heterocycles. The molecular weight excluding hydrogens is 252 g/mol. The third-order valence-corrected chi connectivity index (χ3v) is 2.56. The minimum atomic E-state index is -0.950. The number of likely N-dealkylation sites (N-methyl/N-ethyl adjacent to an activating group) is 1. The molecule has 108 valence electrons. The highest BCUT2D eigenvalue weighted by Gasteiger charge is 2.24. The highest BCUT2D eigenvalue weighted by Crippen LogP contribution is 2.00. The molecule has 0 rings (SSSR count). The second-order valence-electron chi connectivity index (χ2n) is 4.19. The summed E-state index contributed by atoms with van der Waals surface area (Å²) in [6, 6.07) is -1.61. The fourth-order valence-corrected chi connectivity index (χ4v) is 1.46. The van der Waals surface area contributed by atoms with Crippen LogP contribution in [-0.4, -0.2) is 42.6 Å². The molecule has 3 amide bonds. The molecule has 6 N–H and O–H groups in total. The maximum atomic E-state index is 11.9. The van der Waals surface area contributed by atoms with Gasteiger partial charge in [0.15, 0.2) is 5.78 Å². The summed E-state index contributed by atoms with van der Waals surface area (Å²) in [5, 5.41) is 5.13. The summed E-state index contributed by atoms with van der Waals surface area (Å²) in [5.41, 5.74) is 9.99. The average Bonchev–Trinajstić information content (AvgIpc) is 2.27. The SMILES string of the molecule is CN[C@@H](CCC(N)=O)C(=O)N[C@@H](CC(N)=O)C(C)=O. The van der Waals surface area contributed by atoms with Gasteiger partial charge in [0.1, 0.15) is 0 Å². The maximum Gasteiger partial charge on any atom is 0.237 e. The number of primary amides is 2. The molecule has 0 aromatic carbocycles. The van der Waals surface area contributed by atoms with E-state index in [1.807, 2.05) is 0 Å². The van der Waals surface area contributed by atoms with Gasteiger partial charge in [0.25, 0.3) is 0 Å². The molecule has 0 aromatic heterocycles. The maximum absolute atomic E-state index is 11.9. The van der Waals surface area contributed by atoms with Crippen molar-refractivity contribution in [2.24, 2.45) is 11.5 Å². The summed E-state index contributed by atoms with van der Waals surface area (Å²) in [4.78, 5) is 44.6. The van der Waals surface area contributed by atoms with Crippen LogP contribution in [0.4, 0.5) is 0 Å². The van der Waals surface area contributed by atoms with Gasteiger partial charge in [-0.15, -0.1) is 0 Å². The van der Waals surface area contributed by atoms with Crippen LogP contribution in [-0.2, 0) is 19.2 Å². The van der Waals surface area contributed by atoms with Gasteiger partial charge in [0.2, 0.25) is 17.7 Å². The Bertz CT molecular complexity index is 370. The number of rotatable bonds is 9. The Labute approximate surface area is 111 Å². The number of amides is 3. The monoisotopic (exact) mass is 272 g/mol. The van der Waals surface area contributed by atoms with Gasteiger partial charge in [-0.05, 0) is 20.4 Å². The topological polar surface area (TPSA) is 144 Å². The van der Waals surface area contributed by atoms with Crippen molar-refractivity contribution in [1.29, 1.82) is 0 Å². The highest BCUT2D eigenvalue weighted by atomic mass is 16.2. The molecule has 0 fully saturated rings. The third-order valence-electron chi connectivity index (χ3n) is 2.56. The van der Waals surface area contributed by atoms with Crippen LogP contribution in [0.2, 0.25) is 0 Å². The van der Waals surface area contributed by atoms with Gasteiger partial charge in [-0.1, -0.05) is 0 Å². The van der Waals surface area contributed by atoms with Gasteiger partial charge in [0.05, 0.1) is 18.5 Å². The Hall–Kier alpha value is -1.96. The molecule has 0 aliphatic heterocycles. The molecule has 0 bridgehead atoms. The van der Waals surface area contributed by atoms with Crippen LogP contribution in [0.1, 0.15) is 26.2 Å². The molecule has 0 spiro atoms. The van der Waals surface area contributed by atoms with Gasteiger partial charge in [-0.3, -0.25) is 19.2 Å². The van der Waals surface area contributed by atoms with E-state index in [1.54, 1.807) is 7.05 Å². The zero-order chi connectivity index (χ0) is 15.0. The fourth-order valence-electron chi connectivity index (χ4n) is 1.46. The number of carbonyl (C=O) groups excluding carboxylic acids is 4. The van der Waals surface area contributed by atoms with E-state index in [9.17, 15) is 19.2 Å². The minimum absolute atomic E-state index is 0.0412. The highest BCUT2D eigenvalue weighted by molar-refractivity contribution is 5.93. The first-order valence-electron chi connectivity index (χ1n) is 5.82. The fraction of sp³-hybridized carbons (Fsp3) is 0.636. The molecule has 0 saturated carbocycles. The van der Waals surface area contributed by atoms with E-state index >= 15 is 0 Å². The number of ketones is 1. The minimum Gasteiger partial charge on any atom is -0.370 e. The van der Waals surface area contributed by atoms with Crippen molar-refractivity contribution < 1.29 is 19.2 Å². The van der Waals surface area contributed by atoms with Gasteiger partial charge in [-0.2, -0.15) is 0 Å². The summed E-state index contributed by atoms with van der Waals surface area (Å²) in [6.07, 6.45) is -0.00826. The predicted molar refractivity (Wildman–Crippen MR) is 67.7 cm³/mol. The Kier molecular flexibility index (Phi) is 7.35. The van der Waals surface area contributed by atoms with Crippen molar-refractivity contribution in [3.8, 4) is 0 Å². The van der Waals surface area contributed by atoms with Crippen molar-refractivity contribution in [2.45, 2.75) is 38.3 Å². The lowest BCUT2D eigenvalue weighted by atomic mass is 10.1. The quantitative estimate of drug-likeness (QED) is 0.376. The van der Waals surface area contributed by atoms with Gasteiger partial charge in [-0.25, -0.2) is 0 Å². The van der Waals surface area contributed by atoms with Crippen molar-refractivity contribution in [1.82, 2.24) is 10.6 Å². The van der Waals surface area contributed by atoms with Gasteiger partial charge >= 0.3 is 0 Å². The van der Waals surface area contributed by atoms with E-state index in [4.69, 9.17) is 11.5 Å². The van der Waals surface area contributed by atoms with Crippen molar-refractivity contribution in [2.75, 3.05) is 7.05 Å². The summed E-state index contributed by atoms with van der Waals surface area (Å²) < 4.78 is 0. The smallest absolute Gasteiger partial charge is 0.237 e. The molecule has 19 heavy (non-hydrogen) atoms. The molecule has 8 nitrogen and oxygen atoms in total. The lowest BCUT2D eigenvalue weighted by Crippen LogP contribution is -2.50. The predicted octanol–water partition coefficient (Wildman–Crippen LogP) is -2.21. The lowest BCUT2D eigenvalue weighted by molar-refractivity contribution is -0.130. The van der Waals surface area contributed by atoms with Crippen LogP contribution in [0.5, 0.6) is 0 Å². The van der Waals surface area contributed by atoms with Crippen LogP contribution in [0.3, 0.4) is 0 Å². The first-order valence-corrected chi connectivity index (χ1v) is 5.82. The van der Waals surface area contributed by atoms with E-state index < -0.39 is 29.8 Å². The summed E-state index contributed by atoms with van der Waals surface area (Å²) in [6.45, 7) is 1.26. The van der Waals surface area contributed by atoms with Crippen LogP contribution >= 0.6 is 0 Å². The van der Waals surface area contributed by atoms with Crippen LogP contribution < -0.4 is 22.1 Å².